The summed E-state index contributed by atoms with van der Waals surface area (Å²) in [7, 11) is 1.80. The number of hydrogen-bond donors (Lipinski definition) is 1. The zero-order chi connectivity index (χ0) is 23.5. The van der Waals surface area contributed by atoms with E-state index in [9.17, 15) is 13.2 Å². The van der Waals surface area contributed by atoms with E-state index in [0.717, 1.165) is 15.6 Å². The van der Waals surface area contributed by atoms with Gasteiger partial charge in [0.15, 0.2) is 11.5 Å². The number of benzene rings is 2. The number of nitrogens with zero attached hydrogens (tertiary/aromatic N) is 1. The van der Waals surface area contributed by atoms with Crippen LogP contribution in [0.4, 0.5) is 11.4 Å². The third kappa shape index (κ3) is 4.62. The van der Waals surface area contributed by atoms with Crippen LogP contribution in [0.25, 0.3) is 0 Å². The van der Waals surface area contributed by atoms with E-state index < -0.39 is 15.9 Å². The molecule has 1 amide bonds. The number of anilines is 2. The summed E-state index contributed by atoms with van der Waals surface area (Å²) in [6, 6.07) is 10.9. The quantitative estimate of drug-likeness (QED) is 0.493. The number of rotatable bonds is 8. The van der Waals surface area contributed by atoms with Crippen molar-refractivity contribution in [3.63, 3.8) is 0 Å². The van der Waals surface area contributed by atoms with Crippen molar-refractivity contribution in [3.05, 3.63) is 57.7 Å². The number of carbonyl (C=O) groups excluding carboxylic acids is 1. The minimum absolute atomic E-state index is 0.0413. The second-order valence-corrected chi connectivity index (χ2v) is 9.72. The molecule has 0 fully saturated rings. The van der Waals surface area contributed by atoms with E-state index in [2.05, 4.69) is 5.32 Å². The molecule has 1 aromatic heterocycles. The molecule has 0 saturated carbocycles. The van der Waals surface area contributed by atoms with Gasteiger partial charge >= 0.3 is 0 Å². The molecule has 0 bridgehead atoms. The van der Waals surface area contributed by atoms with Gasteiger partial charge in [-0.25, -0.2) is 8.42 Å². The fourth-order valence-corrected chi connectivity index (χ4v) is 5.56. The Bertz CT molecular complexity index is 1200. The van der Waals surface area contributed by atoms with Gasteiger partial charge < -0.3 is 19.5 Å². The number of halogens is 1. The van der Waals surface area contributed by atoms with E-state index in [1.165, 1.54) is 34.4 Å². The maximum absolute atomic E-state index is 13.2. The lowest BCUT2D eigenvalue weighted by Gasteiger charge is -2.20. The molecule has 0 aliphatic carbocycles. The van der Waals surface area contributed by atoms with Gasteiger partial charge in [-0.15, -0.1) is 11.3 Å². The Kier molecular flexibility index (Phi) is 7.17. The number of carbonyl (C=O) groups is 1. The lowest BCUT2D eigenvalue weighted by Crippen LogP contribution is -2.28. The fraction of sp³-hybridized carbons (Fsp3) is 0.190. The summed E-state index contributed by atoms with van der Waals surface area (Å²) < 4.78 is 43.4. The van der Waals surface area contributed by atoms with Crippen LogP contribution in [0.1, 0.15) is 9.67 Å². The Balaban J connectivity index is 1.92. The van der Waals surface area contributed by atoms with Crippen molar-refractivity contribution in [1.29, 1.82) is 0 Å². The van der Waals surface area contributed by atoms with E-state index in [-0.39, 0.29) is 9.77 Å². The first kappa shape index (κ1) is 23.7. The highest BCUT2D eigenvalue weighted by molar-refractivity contribution is 7.93. The number of sulfonamides is 1. The third-order valence-electron chi connectivity index (χ3n) is 4.59. The molecule has 0 spiro atoms. The molecule has 3 rings (SSSR count). The van der Waals surface area contributed by atoms with Crippen molar-refractivity contribution in [2.24, 2.45) is 0 Å². The molecular formula is C21H21ClN2O6S2. The molecule has 0 aliphatic rings. The highest BCUT2D eigenvalue weighted by atomic mass is 35.5. The lowest BCUT2D eigenvalue weighted by atomic mass is 10.2. The molecule has 0 atom stereocenters. The Hall–Kier alpha value is -2.95. The van der Waals surface area contributed by atoms with E-state index in [1.54, 1.807) is 41.8 Å². The zero-order valence-electron chi connectivity index (χ0n) is 17.7. The SMILES string of the molecule is COc1cc(NC(=O)c2sccc2S(=O)(=O)N(C)c2ccc(Cl)cc2)cc(OC)c1OC. The maximum atomic E-state index is 13.2. The second-order valence-electron chi connectivity index (χ2n) is 6.43. The highest BCUT2D eigenvalue weighted by Gasteiger charge is 2.29. The van der Waals surface area contributed by atoms with Crippen molar-refractivity contribution >= 4 is 50.2 Å². The average Bonchev–Trinajstić information content (AvgIpc) is 3.29. The van der Waals surface area contributed by atoms with Crippen molar-refractivity contribution in [2.75, 3.05) is 38.0 Å². The standard InChI is InChI=1S/C21H21ClN2O6S2/c1-24(15-7-5-13(22)6-8-15)32(26,27)18-9-10-31-20(18)21(25)23-14-11-16(28-2)19(30-4)17(12-14)29-3/h5-12H,1-4H3,(H,23,25). The van der Waals surface area contributed by atoms with E-state index in [1.807, 2.05) is 0 Å². The van der Waals surface area contributed by atoms with Crippen LogP contribution in [0.15, 0.2) is 52.7 Å². The summed E-state index contributed by atoms with van der Waals surface area (Å²) >= 11 is 6.91. The predicted molar refractivity (Wildman–Crippen MR) is 125 cm³/mol. The molecule has 3 aromatic rings. The summed E-state index contributed by atoms with van der Waals surface area (Å²) in [6.07, 6.45) is 0. The molecule has 170 valence electrons. The smallest absolute Gasteiger partial charge is 0.267 e. The van der Waals surface area contributed by atoms with Crippen LogP contribution in [0.3, 0.4) is 0 Å². The van der Waals surface area contributed by atoms with Gasteiger partial charge in [0.1, 0.15) is 9.77 Å². The van der Waals surface area contributed by atoms with E-state index >= 15 is 0 Å². The van der Waals surface area contributed by atoms with Gasteiger partial charge in [-0.3, -0.25) is 9.10 Å². The van der Waals surface area contributed by atoms with Gasteiger partial charge in [0.05, 0.1) is 27.0 Å². The molecule has 0 radical (unpaired) electrons. The van der Waals surface area contributed by atoms with Gasteiger partial charge in [0, 0.05) is 29.9 Å². The molecule has 0 saturated heterocycles. The minimum Gasteiger partial charge on any atom is -0.493 e. The topological polar surface area (TPSA) is 94.2 Å². The average molecular weight is 497 g/mol. The molecular weight excluding hydrogens is 476 g/mol. The molecule has 0 aliphatic heterocycles. The van der Waals surface area contributed by atoms with Crippen molar-refractivity contribution in [3.8, 4) is 17.2 Å². The van der Waals surface area contributed by atoms with Crippen LogP contribution in [0.2, 0.25) is 5.02 Å². The summed E-state index contributed by atoms with van der Waals surface area (Å²) in [4.78, 5) is 12.9. The maximum Gasteiger partial charge on any atom is 0.267 e. The van der Waals surface area contributed by atoms with Gasteiger partial charge in [0.25, 0.3) is 15.9 Å². The van der Waals surface area contributed by atoms with Crippen LogP contribution in [0, 0.1) is 0 Å². The number of nitrogens with one attached hydrogen (secondary N) is 1. The van der Waals surface area contributed by atoms with Crippen molar-refractivity contribution < 1.29 is 27.4 Å². The number of hydrogen-bond acceptors (Lipinski definition) is 7. The summed E-state index contributed by atoms with van der Waals surface area (Å²) in [5, 5.41) is 4.73. The fourth-order valence-electron chi connectivity index (χ4n) is 2.94. The Morgan fingerprint density at radius 2 is 1.59 bits per heavy atom. The molecule has 2 aromatic carbocycles. The number of thiophene rings is 1. The Morgan fingerprint density at radius 3 is 2.12 bits per heavy atom. The van der Waals surface area contributed by atoms with Crippen molar-refractivity contribution in [1.82, 2.24) is 0 Å². The first-order valence-electron chi connectivity index (χ1n) is 9.16. The number of methoxy groups -OCH3 is 3. The normalized spacial score (nSPS) is 11.0. The predicted octanol–water partition coefficient (Wildman–Crippen LogP) is 4.50. The first-order valence-corrected chi connectivity index (χ1v) is 11.9. The minimum atomic E-state index is -4.00. The molecule has 11 heteroatoms. The third-order valence-corrected chi connectivity index (χ3v) is 7.71. The van der Waals surface area contributed by atoms with Crippen LogP contribution in [-0.4, -0.2) is 42.7 Å². The second kappa shape index (κ2) is 9.68. The number of ether oxygens (including phenoxy) is 3. The lowest BCUT2D eigenvalue weighted by molar-refractivity contribution is 0.102. The summed E-state index contributed by atoms with van der Waals surface area (Å²) in [5.41, 5.74) is 0.767. The summed E-state index contributed by atoms with van der Waals surface area (Å²) in [5.74, 6) is 0.488. The molecule has 32 heavy (non-hydrogen) atoms. The monoisotopic (exact) mass is 496 g/mol. The van der Waals surface area contributed by atoms with Gasteiger partial charge in [-0.1, -0.05) is 11.6 Å². The van der Waals surface area contributed by atoms with E-state index in [0.29, 0.717) is 33.6 Å². The largest absolute Gasteiger partial charge is 0.493 e. The first-order chi connectivity index (χ1) is 15.2. The molecule has 1 N–H and O–H groups in total. The van der Waals surface area contributed by atoms with Gasteiger partial charge in [-0.05, 0) is 35.7 Å². The van der Waals surface area contributed by atoms with Crippen LogP contribution in [0.5, 0.6) is 17.2 Å². The van der Waals surface area contributed by atoms with E-state index in [4.69, 9.17) is 25.8 Å². The molecule has 1 heterocycles. The van der Waals surface area contributed by atoms with Crippen LogP contribution >= 0.6 is 22.9 Å². The van der Waals surface area contributed by atoms with Gasteiger partial charge in [0.2, 0.25) is 5.75 Å². The number of amides is 1. The van der Waals surface area contributed by atoms with Gasteiger partial charge in [-0.2, -0.15) is 0 Å². The molecule has 8 nitrogen and oxygen atoms in total. The van der Waals surface area contributed by atoms with Crippen molar-refractivity contribution in [2.45, 2.75) is 4.90 Å². The highest BCUT2D eigenvalue weighted by Crippen LogP contribution is 2.40. The zero-order valence-corrected chi connectivity index (χ0v) is 20.1. The Morgan fingerprint density at radius 1 is 1.00 bits per heavy atom. The molecule has 0 unspecified atom stereocenters. The Labute approximate surface area is 195 Å². The van der Waals surface area contributed by atoms with Crippen LogP contribution in [-0.2, 0) is 10.0 Å². The van der Waals surface area contributed by atoms with Crippen LogP contribution < -0.4 is 23.8 Å². The summed E-state index contributed by atoms with van der Waals surface area (Å²) in [6.45, 7) is 0.